The molecule has 0 saturated carbocycles. The third-order valence-electron chi connectivity index (χ3n) is 13.0. The summed E-state index contributed by atoms with van der Waals surface area (Å²) in [6.45, 7) is 12.3. The number of quaternary nitrogens is 1. The summed E-state index contributed by atoms with van der Waals surface area (Å²) < 4.78 is 1.32. The van der Waals surface area contributed by atoms with Crippen LogP contribution in [0.5, 0.6) is 0 Å². The molecule has 1 heteroatoms. The molecule has 59 heavy (non-hydrogen) atoms. The van der Waals surface area contributed by atoms with Crippen molar-refractivity contribution in [1.29, 1.82) is 0 Å². The number of hydrogen-bond donors (Lipinski definition) is 0. The smallest absolute Gasteiger partial charge is 0.104 e. The monoisotopic (exact) mass is 817 g/mol. The van der Waals surface area contributed by atoms with Gasteiger partial charge in [0.2, 0.25) is 0 Å². The molecule has 0 aliphatic rings. The molecule has 342 valence electrons. The van der Waals surface area contributed by atoms with E-state index in [4.69, 9.17) is 0 Å². The van der Waals surface area contributed by atoms with Gasteiger partial charge in [0.25, 0.3) is 0 Å². The van der Waals surface area contributed by atoms with Crippen LogP contribution in [0.2, 0.25) is 0 Å². The van der Waals surface area contributed by atoms with E-state index in [1.54, 1.807) is 5.56 Å². The first-order valence-electron chi connectivity index (χ1n) is 27.1. The van der Waals surface area contributed by atoms with Crippen molar-refractivity contribution in [2.24, 2.45) is 0 Å². The predicted molar refractivity (Wildman–Crippen MR) is 270 cm³/mol. The van der Waals surface area contributed by atoms with Crippen LogP contribution in [0.4, 0.5) is 0 Å². The molecular formula is C58H106N+. The number of allylic oxidation sites excluding steroid dienone is 6. The second-order valence-electron chi connectivity index (χ2n) is 18.9. The molecule has 0 bridgehead atoms. The minimum absolute atomic E-state index is 1.23. The van der Waals surface area contributed by atoms with Gasteiger partial charge in [0.1, 0.15) is 6.54 Å². The maximum absolute atomic E-state index is 2.49. The fraction of sp³-hybridized carbons (Fsp3) is 0.793. The molecular weight excluding hydrogens is 711 g/mol. The fourth-order valence-corrected chi connectivity index (χ4v) is 9.10. The lowest BCUT2D eigenvalue weighted by Crippen LogP contribution is -2.49. The van der Waals surface area contributed by atoms with Gasteiger partial charge in [-0.25, -0.2) is 0 Å². The molecule has 0 aliphatic heterocycles. The van der Waals surface area contributed by atoms with Crippen LogP contribution in [0.1, 0.15) is 277 Å². The van der Waals surface area contributed by atoms with Crippen molar-refractivity contribution in [2.75, 3.05) is 19.6 Å². The summed E-state index contributed by atoms with van der Waals surface area (Å²) in [4.78, 5) is 0. The number of nitrogens with zero attached hydrogens (tertiary/aromatic N) is 1. The Labute approximate surface area is 372 Å². The third-order valence-corrected chi connectivity index (χ3v) is 13.0. The maximum Gasteiger partial charge on any atom is 0.104 e. The fourth-order valence-electron chi connectivity index (χ4n) is 9.10. The maximum atomic E-state index is 2.49. The number of benzene rings is 1. The molecule has 0 saturated heterocycles. The molecule has 0 N–H and O–H groups in total. The van der Waals surface area contributed by atoms with Crippen LogP contribution < -0.4 is 0 Å². The summed E-state index contributed by atoms with van der Waals surface area (Å²) in [5.41, 5.74) is 1.55. The number of rotatable bonds is 47. The van der Waals surface area contributed by atoms with Crippen molar-refractivity contribution in [3.8, 4) is 0 Å². The van der Waals surface area contributed by atoms with Crippen molar-refractivity contribution in [2.45, 2.75) is 278 Å². The van der Waals surface area contributed by atoms with Crippen LogP contribution in [-0.4, -0.2) is 24.1 Å². The first kappa shape index (κ1) is 55.4. The zero-order valence-corrected chi connectivity index (χ0v) is 40.7. The summed E-state index contributed by atoms with van der Waals surface area (Å²) in [5, 5.41) is 0. The molecule has 0 aromatic heterocycles. The normalized spacial score (nSPS) is 12.3. The van der Waals surface area contributed by atoms with Crippen LogP contribution in [0.3, 0.4) is 0 Å². The average molecular weight is 817 g/mol. The van der Waals surface area contributed by atoms with Crippen molar-refractivity contribution >= 4 is 0 Å². The summed E-state index contributed by atoms with van der Waals surface area (Å²) in [6.07, 6.45) is 69.0. The highest BCUT2D eigenvalue weighted by Crippen LogP contribution is 2.23. The topological polar surface area (TPSA) is 0 Å². The van der Waals surface area contributed by atoms with Crippen molar-refractivity contribution in [3.63, 3.8) is 0 Å². The minimum atomic E-state index is 1.23. The number of unbranched alkanes of at least 4 members (excludes halogenated alkanes) is 33. The molecule has 0 radical (unpaired) electrons. The number of hydrogen-bond acceptors (Lipinski definition) is 0. The Bertz CT molecular complexity index is 921. The van der Waals surface area contributed by atoms with Gasteiger partial charge in [0.15, 0.2) is 0 Å². The Morgan fingerprint density at radius 1 is 0.288 bits per heavy atom. The Morgan fingerprint density at radius 3 is 0.797 bits per heavy atom. The minimum Gasteiger partial charge on any atom is -0.320 e. The second-order valence-corrected chi connectivity index (χ2v) is 18.9. The van der Waals surface area contributed by atoms with Crippen molar-refractivity contribution in [3.05, 3.63) is 72.4 Å². The molecule has 1 aromatic rings. The van der Waals surface area contributed by atoms with E-state index in [0.717, 1.165) is 0 Å². The second kappa shape index (κ2) is 45.9. The molecule has 1 rings (SSSR count). The van der Waals surface area contributed by atoms with E-state index in [-0.39, 0.29) is 0 Å². The highest BCUT2D eigenvalue weighted by Gasteiger charge is 2.26. The molecule has 0 spiro atoms. The van der Waals surface area contributed by atoms with Crippen molar-refractivity contribution < 1.29 is 4.48 Å². The van der Waals surface area contributed by atoms with Crippen LogP contribution in [0, 0.1) is 0 Å². The van der Waals surface area contributed by atoms with Gasteiger partial charge in [0.05, 0.1) is 19.6 Å². The van der Waals surface area contributed by atoms with Gasteiger partial charge < -0.3 is 4.48 Å². The van der Waals surface area contributed by atoms with Gasteiger partial charge in [0, 0.05) is 5.56 Å². The quantitative estimate of drug-likeness (QED) is 0.0349. The van der Waals surface area contributed by atoms with Gasteiger partial charge >= 0.3 is 0 Å². The van der Waals surface area contributed by atoms with Crippen LogP contribution in [0.25, 0.3) is 0 Å². The van der Waals surface area contributed by atoms with E-state index >= 15 is 0 Å². The lowest BCUT2D eigenvalue weighted by molar-refractivity contribution is -0.941. The lowest BCUT2D eigenvalue weighted by Gasteiger charge is -2.39. The Hall–Kier alpha value is -1.60. The standard InChI is InChI=1S/C58H106N/c1-4-7-10-13-16-19-22-25-28-31-34-37-40-43-49-54-59(57-58-52-47-46-48-53-58,55-50-44-41-38-35-32-29-26-23-20-17-14-11-8-5-2)56-51-45-42-39-36-33-30-27-24-21-18-15-12-9-6-3/h28-33,46-48,52-53H,4-27,34-45,49-51,54-57H2,1-3H3/q+1/b31-28+,32-29+,33-30+. The van der Waals surface area contributed by atoms with Gasteiger partial charge in [-0.3, -0.25) is 0 Å². The summed E-state index contributed by atoms with van der Waals surface area (Å²) in [5.74, 6) is 0. The highest BCUT2D eigenvalue weighted by molar-refractivity contribution is 5.13. The van der Waals surface area contributed by atoms with Crippen LogP contribution in [0.15, 0.2) is 66.8 Å². The van der Waals surface area contributed by atoms with E-state index in [1.165, 1.54) is 281 Å². The van der Waals surface area contributed by atoms with E-state index < -0.39 is 0 Å². The largest absolute Gasteiger partial charge is 0.320 e. The molecule has 0 atom stereocenters. The zero-order valence-electron chi connectivity index (χ0n) is 40.7. The van der Waals surface area contributed by atoms with Crippen molar-refractivity contribution in [1.82, 2.24) is 0 Å². The summed E-state index contributed by atoms with van der Waals surface area (Å²) in [7, 11) is 0. The molecule has 0 aliphatic carbocycles. The zero-order chi connectivity index (χ0) is 42.3. The summed E-state index contributed by atoms with van der Waals surface area (Å²) >= 11 is 0. The average Bonchev–Trinajstić information content (AvgIpc) is 3.25. The molecule has 1 aromatic carbocycles. The van der Waals surface area contributed by atoms with Gasteiger partial charge in [-0.1, -0.05) is 222 Å². The SMILES string of the molecule is CCCCCCCCC/C=C/CCCCCC[N+](CCCCCC/C=C/CCCCCCCCC)(CCCCCC/C=C/CCCCCCCCC)Cc1ccccc1. The van der Waals surface area contributed by atoms with Gasteiger partial charge in [-0.2, -0.15) is 0 Å². The van der Waals surface area contributed by atoms with Crippen LogP contribution >= 0.6 is 0 Å². The van der Waals surface area contributed by atoms with Gasteiger partial charge in [-0.15, -0.1) is 0 Å². The van der Waals surface area contributed by atoms with E-state index in [2.05, 4.69) is 87.6 Å². The molecule has 0 unspecified atom stereocenters. The molecule has 0 amide bonds. The molecule has 0 heterocycles. The van der Waals surface area contributed by atoms with E-state index in [0.29, 0.717) is 0 Å². The first-order chi connectivity index (χ1) is 29.3. The Morgan fingerprint density at radius 2 is 0.525 bits per heavy atom. The Kier molecular flexibility index (Phi) is 43.1. The molecule has 1 nitrogen and oxygen atoms in total. The van der Waals surface area contributed by atoms with Gasteiger partial charge in [-0.05, 0) is 116 Å². The lowest BCUT2D eigenvalue weighted by atomic mass is 10.0. The van der Waals surface area contributed by atoms with E-state index in [9.17, 15) is 0 Å². The predicted octanol–water partition coefficient (Wildman–Crippen LogP) is 19.9. The first-order valence-corrected chi connectivity index (χ1v) is 27.1. The molecule has 0 fully saturated rings. The third kappa shape index (κ3) is 39.0. The highest BCUT2D eigenvalue weighted by atomic mass is 15.3. The Balaban J connectivity index is 2.55. The van der Waals surface area contributed by atoms with Crippen LogP contribution in [-0.2, 0) is 6.54 Å². The van der Waals surface area contributed by atoms with E-state index in [1.807, 2.05) is 0 Å². The summed E-state index contributed by atoms with van der Waals surface area (Å²) in [6, 6.07) is 11.6.